The lowest BCUT2D eigenvalue weighted by molar-refractivity contribution is 0.0977. The molecule has 182 valence electrons. The molecule has 5 rings (SSSR count). The average molecular weight is 527 g/mol. The highest BCUT2D eigenvalue weighted by Gasteiger charge is 2.38. The molecule has 0 aromatic heterocycles. The highest BCUT2D eigenvalue weighted by Crippen LogP contribution is 2.45. The fraction of sp³-hybridized carbons (Fsp3) is 0.458. The van der Waals surface area contributed by atoms with Crippen molar-refractivity contribution in [3.63, 3.8) is 0 Å². The first-order chi connectivity index (χ1) is 16.2. The predicted octanol–water partition coefficient (Wildman–Crippen LogP) is 5.28. The molecule has 1 atom stereocenters. The van der Waals surface area contributed by atoms with Crippen LogP contribution in [0.25, 0.3) is 0 Å². The van der Waals surface area contributed by atoms with E-state index in [0.717, 1.165) is 43.5 Å². The maximum atomic E-state index is 15.0. The van der Waals surface area contributed by atoms with Gasteiger partial charge in [-0.1, -0.05) is 23.2 Å². The summed E-state index contributed by atoms with van der Waals surface area (Å²) in [5, 5.41) is 0.552. The van der Waals surface area contributed by atoms with E-state index in [2.05, 4.69) is 4.90 Å². The van der Waals surface area contributed by atoms with E-state index >= 15 is 0 Å². The SMILES string of the molecule is O=C(NS(=O)(=O)C1CC1)c1cc(C2CC2)c(O[C@@H]2CCCN(c3cc(Cl)cc(Cl)c3)C2)cc1F. The molecule has 2 saturated carbocycles. The predicted molar refractivity (Wildman–Crippen MR) is 130 cm³/mol. The van der Waals surface area contributed by atoms with Crippen LogP contribution in [0.2, 0.25) is 10.0 Å². The van der Waals surface area contributed by atoms with Crippen LogP contribution in [0.5, 0.6) is 5.75 Å². The van der Waals surface area contributed by atoms with Crippen molar-refractivity contribution in [2.24, 2.45) is 0 Å². The molecule has 0 bridgehead atoms. The topological polar surface area (TPSA) is 75.7 Å². The molecule has 2 aliphatic carbocycles. The number of nitrogens with zero attached hydrogens (tertiary/aromatic N) is 1. The second-order valence-electron chi connectivity index (χ2n) is 9.28. The first kappa shape index (κ1) is 23.7. The summed E-state index contributed by atoms with van der Waals surface area (Å²) in [6.45, 7) is 1.42. The number of hydrogen-bond donors (Lipinski definition) is 1. The Morgan fingerprint density at radius 2 is 1.74 bits per heavy atom. The number of carbonyl (C=O) groups excluding carboxylic acids is 1. The lowest BCUT2D eigenvalue weighted by Gasteiger charge is -2.35. The molecule has 2 aromatic carbocycles. The van der Waals surface area contributed by atoms with Gasteiger partial charge in [0, 0.05) is 28.3 Å². The molecule has 10 heteroatoms. The van der Waals surface area contributed by atoms with Crippen LogP contribution in [0.1, 0.15) is 60.4 Å². The number of piperidine rings is 1. The van der Waals surface area contributed by atoms with Crippen LogP contribution >= 0.6 is 23.2 Å². The molecule has 6 nitrogen and oxygen atoms in total. The molecule has 34 heavy (non-hydrogen) atoms. The zero-order valence-corrected chi connectivity index (χ0v) is 20.7. The Kier molecular flexibility index (Phi) is 6.42. The number of anilines is 1. The third-order valence-corrected chi connectivity index (χ3v) is 8.70. The quantitative estimate of drug-likeness (QED) is 0.531. The average Bonchev–Trinajstić information content (AvgIpc) is 3.66. The maximum absolute atomic E-state index is 15.0. The van der Waals surface area contributed by atoms with E-state index in [4.69, 9.17) is 27.9 Å². The van der Waals surface area contributed by atoms with Crippen LogP contribution in [0.4, 0.5) is 10.1 Å². The molecular weight excluding hydrogens is 502 g/mol. The van der Waals surface area contributed by atoms with Gasteiger partial charge in [-0.3, -0.25) is 4.79 Å². The van der Waals surface area contributed by atoms with E-state index in [0.29, 0.717) is 35.2 Å². The zero-order valence-electron chi connectivity index (χ0n) is 18.4. The summed E-state index contributed by atoms with van der Waals surface area (Å²) in [4.78, 5) is 14.7. The van der Waals surface area contributed by atoms with Crippen molar-refractivity contribution < 1.29 is 22.3 Å². The van der Waals surface area contributed by atoms with Gasteiger partial charge in [-0.25, -0.2) is 17.5 Å². The number of carbonyl (C=O) groups is 1. The van der Waals surface area contributed by atoms with E-state index in [-0.39, 0.29) is 17.6 Å². The van der Waals surface area contributed by atoms with Crippen LogP contribution in [-0.4, -0.2) is 38.8 Å². The van der Waals surface area contributed by atoms with Gasteiger partial charge in [-0.15, -0.1) is 0 Å². The molecule has 1 amide bonds. The monoisotopic (exact) mass is 526 g/mol. The zero-order chi connectivity index (χ0) is 24.0. The third-order valence-electron chi connectivity index (χ3n) is 6.44. The Morgan fingerprint density at radius 3 is 2.38 bits per heavy atom. The number of benzene rings is 2. The first-order valence-electron chi connectivity index (χ1n) is 11.5. The van der Waals surface area contributed by atoms with Crippen LogP contribution in [0.15, 0.2) is 30.3 Å². The summed E-state index contributed by atoms with van der Waals surface area (Å²) in [5.74, 6) is -1.14. The molecule has 3 fully saturated rings. The number of hydrogen-bond acceptors (Lipinski definition) is 5. The molecule has 0 spiro atoms. The number of ether oxygens (including phenoxy) is 1. The molecule has 0 radical (unpaired) electrons. The van der Waals surface area contributed by atoms with Crippen LogP contribution in [0.3, 0.4) is 0 Å². The summed E-state index contributed by atoms with van der Waals surface area (Å²) < 4.78 is 47.5. The smallest absolute Gasteiger partial charge is 0.267 e. The van der Waals surface area contributed by atoms with Crippen molar-refractivity contribution in [2.75, 3.05) is 18.0 Å². The van der Waals surface area contributed by atoms with Crippen molar-refractivity contribution in [3.05, 3.63) is 57.3 Å². The van der Waals surface area contributed by atoms with E-state index < -0.39 is 27.0 Å². The maximum Gasteiger partial charge on any atom is 0.267 e. The summed E-state index contributed by atoms with van der Waals surface area (Å²) in [6, 6.07) is 8.07. The van der Waals surface area contributed by atoms with Gasteiger partial charge >= 0.3 is 0 Å². The summed E-state index contributed by atoms with van der Waals surface area (Å²) in [7, 11) is -3.76. The van der Waals surface area contributed by atoms with Gasteiger partial charge in [0.05, 0.1) is 17.4 Å². The van der Waals surface area contributed by atoms with E-state index in [9.17, 15) is 17.6 Å². The van der Waals surface area contributed by atoms with Crippen molar-refractivity contribution in [3.8, 4) is 5.75 Å². The normalized spacial score (nSPS) is 20.8. The van der Waals surface area contributed by atoms with Gasteiger partial charge in [0.25, 0.3) is 5.91 Å². The molecule has 1 N–H and O–H groups in total. The summed E-state index contributed by atoms with van der Waals surface area (Å²) in [5.41, 5.74) is 1.39. The van der Waals surface area contributed by atoms with Crippen molar-refractivity contribution in [1.29, 1.82) is 0 Å². The fourth-order valence-corrected chi connectivity index (χ4v) is 6.18. The number of halogens is 3. The second kappa shape index (κ2) is 9.21. The van der Waals surface area contributed by atoms with Crippen LogP contribution < -0.4 is 14.4 Å². The first-order valence-corrected chi connectivity index (χ1v) is 13.8. The van der Waals surface area contributed by atoms with Crippen LogP contribution in [-0.2, 0) is 10.0 Å². The van der Waals surface area contributed by atoms with Gasteiger partial charge < -0.3 is 9.64 Å². The minimum atomic E-state index is -3.76. The van der Waals surface area contributed by atoms with E-state index in [1.165, 1.54) is 12.1 Å². The number of amides is 1. The van der Waals surface area contributed by atoms with Gasteiger partial charge in [-0.05, 0) is 74.3 Å². The van der Waals surface area contributed by atoms with Crippen molar-refractivity contribution in [2.45, 2.75) is 55.8 Å². The molecule has 1 saturated heterocycles. The highest BCUT2D eigenvalue weighted by molar-refractivity contribution is 7.91. The molecule has 2 aromatic rings. The second-order valence-corrected chi connectivity index (χ2v) is 12.1. The van der Waals surface area contributed by atoms with E-state index in [1.807, 2.05) is 16.9 Å². The molecule has 1 heterocycles. The van der Waals surface area contributed by atoms with E-state index in [1.54, 1.807) is 6.07 Å². The summed E-state index contributed by atoms with van der Waals surface area (Å²) in [6.07, 6.45) is 4.38. The number of nitrogens with one attached hydrogen (secondary N) is 1. The van der Waals surface area contributed by atoms with Gasteiger partial charge in [-0.2, -0.15) is 0 Å². The van der Waals surface area contributed by atoms with Gasteiger partial charge in [0.15, 0.2) is 0 Å². The minimum Gasteiger partial charge on any atom is -0.488 e. The molecule has 3 aliphatic rings. The van der Waals surface area contributed by atoms with Crippen LogP contribution in [0, 0.1) is 5.82 Å². The largest absolute Gasteiger partial charge is 0.488 e. The summed E-state index contributed by atoms with van der Waals surface area (Å²) >= 11 is 12.3. The standard InChI is InChI=1S/C24H25Cl2FN2O4S/c25-15-8-16(26)10-17(9-15)29-7-1-2-18(13-29)33-23-12-22(27)21(11-20(23)14-3-4-14)24(30)28-34(31,32)19-5-6-19/h8-12,14,18-19H,1-7,13H2,(H,28,30)/t18-/m1/s1. The Hall–Kier alpha value is -2.03. The lowest BCUT2D eigenvalue weighted by Crippen LogP contribution is -2.41. The molecular formula is C24H25Cl2FN2O4S. The minimum absolute atomic E-state index is 0.175. The highest BCUT2D eigenvalue weighted by atomic mass is 35.5. The third kappa shape index (κ3) is 5.29. The Balaban J connectivity index is 1.35. The van der Waals surface area contributed by atoms with Crippen molar-refractivity contribution in [1.82, 2.24) is 4.72 Å². The van der Waals surface area contributed by atoms with Gasteiger partial charge in [0.2, 0.25) is 10.0 Å². The van der Waals surface area contributed by atoms with Gasteiger partial charge in [0.1, 0.15) is 17.7 Å². The Morgan fingerprint density at radius 1 is 1.03 bits per heavy atom. The number of rotatable bonds is 7. The number of sulfonamides is 1. The fourth-order valence-electron chi connectivity index (χ4n) is 4.38. The Bertz CT molecular complexity index is 1210. The molecule has 1 aliphatic heterocycles. The van der Waals surface area contributed by atoms with Crippen molar-refractivity contribution >= 4 is 44.8 Å². The molecule has 0 unspecified atom stereocenters. The Labute approximate surface area is 208 Å². The lowest BCUT2D eigenvalue weighted by atomic mass is 10.0.